The van der Waals surface area contributed by atoms with E-state index in [0.29, 0.717) is 16.6 Å². The van der Waals surface area contributed by atoms with Gasteiger partial charge in [-0.15, -0.1) is 4.40 Å². The Kier molecular flexibility index (Phi) is 7.73. The molecule has 0 aliphatic carbocycles. The minimum Gasteiger partial charge on any atom is -0.381 e. The highest BCUT2D eigenvalue weighted by Crippen LogP contribution is 2.30. The van der Waals surface area contributed by atoms with Crippen molar-refractivity contribution < 1.29 is 8.42 Å². The lowest BCUT2D eigenvalue weighted by molar-refractivity contribution is 0.479. The van der Waals surface area contributed by atoms with Crippen molar-refractivity contribution in [3.05, 3.63) is 100 Å². The summed E-state index contributed by atoms with van der Waals surface area (Å²) in [7, 11) is -4.14. The van der Waals surface area contributed by atoms with Crippen molar-refractivity contribution in [2.24, 2.45) is 20.2 Å². The van der Waals surface area contributed by atoms with Crippen molar-refractivity contribution in [2.75, 3.05) is 6.54 Å². The molecular weight excluding hydrogens is 529 g/mol. The van der Waals surface area contributed by atoms with E-state index in [9.17, 15) is 8.42 Å². The van der Waals surface area contributed by atoms with Crippen molar-refractivity contribution in [1.29, 1.82) is 0 Å². The molecule has 0 saturated carbocycles. The summed E-state index contributed by atoms with van der Waals surface area (Å²) in [4.78, 5) is 4.49. The van der Waals surface area contributed by atoms with E-state index in [0.717, 1.165) is 16.8 Å². The van der Waals surface area contributed by atoms with Crippen molar-refractivity contribution in [3.8, 4) is 0 Å². The van der Waals surface area contributed by atoms with Crippen molar-refractivity contribution in [2.45, 2.75) is 37.1 Å². The number of sulfonamides is 1. The maximum absolute atomic E-state index is 13.3. The van der Waals surface area contributed by atoms with E-state index in [1.807, 2.05) is 63.2 Å². The first kappa shape index (κ1) is 26.9. The highest BCUT2D eigenvalue weighted by molar-refractivity contribution is 7.90. The molecule has 1 atom stereocenters. The highest BCUT2D eigenvalue weighted by Gasteiger charge is 2.34. The second-order valence-electron chi connectivity index (χ2n) is 9.55. The normalized spacial score (nSPS) is 17.2. The van der Waals surface area contributed by atoms with Crippen LogP contribution in [0.15, 0.2) is 98.2 Å². The summed E-state index contributed by atoms with van der Waals surface area (Å²) in [6, 6.07) is 23.0. The molecule has 10 heteroatoms. The van der Waals surface area contributed by atoms with E-state index in [1.54, 1.807) is 12.1 Å². The monoisotopic (exact) mass is 555 g/mol. The summed E-state index contributed by atoms with van der Waals surface area (Å²) in [6.07, 6.45) is 0. The summed E-state index contributed by atoms with van der Waals surface area (Å²) in [5, 5.41) is 7.35. The van der Waals surface area contributed by atoms with Crippen LogP contribution in [0.5, 0.6) is 0 Å². The fourth-order valence-electron chi connectivity index (χ4n) is 3.87. The summed E-state index contributed by atoms with van der Waals surface area (Å²) >= 11 is 12.1. The van der Waals surface area contributed by atoms with E-state index in [1.165, 1.54) is 29.3 Å². The van der Waals surface area contributed by atoms with Gasteiger partial charge in [-0.25, -0.2) is 5.01 Å². The predicted octanol–water partition coefficient (Wildman–Crippen LogP) is 5.74. The Morgan fingerprint density at radius 2 is 1.51 bits per heavy atom. The Morgan fingerprint density at radius 1 is 0.946 bits per heavy atom. The Bertz CT molecular complexity index is 1460. The minimum atomic E-state index is -4.14. The molecule has 0 amide bonds. The molecule has 0 bridgehead atoms. The van der Waals surface area contributed by atoms with Crippen molar-refractivity contribution in [1.82, 2.24) is 5.01 Å². The Hall–Kier alpha value is -3.20. The molecule has 3 aromatic rings. The Balaban J connectivity index is 1.86. The Morgan fingerprint density at radius 3 is 2.08 bits per heavy atom. The lowest BCUT2D eigenvalue weighted by Gasteiger charge is -2.20. The zero-order chi connectivity index (χ0) is 26.8. The molecule has 1 aliphatic rings. The number of rotatable bonds is 4. The molecule has 0 spiro atoms. The zero-order valence-corrected chi connectivity index (χ0v) is 23.0. The summed E-state index contributed by atoms with van der Waals surface area (Å²) in [6.45, 7) is 5.91. The van der Waals surface area contributed by atoms with E-state index in [4.69, 9.17) is 34.0 Å². The third-order valence-electron chi connectivity index (χ3n) is 5.50. The van der Waals surface area contributed by atoms with Gasteiger partial charge in [-0.1, -0.05) is 65.7 Å². The SMILES string of the molecule is CC(C)(C)N=C(N)/C(=N\S(=O)(=O)c1ccc(Cl)cc1)N1CC(c2ccccc2)C(c2ccc(Cl)cc2)=N1. The number of nitrogens with two attached hydrogens (primary N) is 1. The van der Waals surface area contributed by atoms with Crippen LogP contribution in [0.1, 0.15) is 37.8 Å². The topological polar surface area (TPSA) is 100 Å². The molecule has 0 fully saturated rings. The summed E-state index contributed by atoms with van der Waals surface area (Å²) in [5.41, 5.74) is 8.42. The Labute approximate surface area is 227 Å². The number of hydrogen-bond acceptors (Lipinski definition) is 4. The quantitative estimate of drug-likeness (QED) is 0.327. The van der Waals surface area contributed by atoms with Gasteiger partial charge in [0.1, 0.15) is 0 Å². The number of benzene rings is 3. The minimum absolute atomic E-state index is 0.0151. The van der Waals surface area contributed by atoms with Gasteiger partial charge in [0.05, 0.1) is 22.7 Å². The van der Waals surface area contributed by atoms with E-state index >= 15 is 0 Å². The van der Waals surface area contributed by atoms with Crippen LogP contribution in [-0.4, -0.2) is 42.9 Å². The molecule has 0 saturated heterocycles. The van der Waals surface area contributed by atoms with Gasteiger partial charge in [0.25, 0.3) is 10.0 Å². The van der Waals surface area contributed by atoms with E-state index in [2.05, 4.69) is 9.39 Å². The lowest BCUT2D eigenvalue weighted by Crippen LogP contribution is -2.39. The zero-order valence-electron chi connectivity index (χ0n) is 20.6. The van der Waals surface area contributed by atoms with Crippen LogP contribution in [0.3, 0.4) is 0 Å². The van der Waals surface area contributed by atoms with E-state index < -0.39 is 15.6 Å². The molecule has 1 aliphatic heterocycles. The van der Waals surface area contributed by atoms with Crippen LogP contribution in [0.25, 0.3) is 0 Å². The second kappa shape index (κ2) is 10.7. The van der Waals surface area contributed by atoms with Crippen LogP contribution < -0.4 is 5.73 Å². The number of hydrazone groups is 1. The third kappa shape index (κ3) is 6.57. The standard InChI is InChI=1S/C27H27Cl2N5O2S/c1-27(2,3)31-25(30)26(33-37(35,36)22-15-13-21(29)14-16-22)34-17-23(18-7-5-4-6-8-18)24(32-34)19-9-11-20(28)12-10-19/h4-16,23H,17H2,1-3H3,(H2,30,31)/b33-26+. The predicted molar refractivity (Wildman–Crippen MR) is 151 cm³/mol. The van der Waals surface area contributed by atoms with E-state index in [-0.39, 0.29) is 22.5 Å². The van der Waals surface area contributed by atoms with Crippen LogP contribution in [0, 0.1) is 0 Å². The molecule has 4 rings (SSSR count). The van der Waals surface area contributed by atoms with Crippen LogP contribution in [0.4, 0.5) is 0 Å². The molecule has 2 N–H and O–H groups in total. The molecule has 0 radical (unpaired) electrons. The number of halogens is 2. The van der Waals surface area contributed by atoms with Gasteiger partial charge >= 0.3 is 0 Å². The van der Waals surface area contributed by atoms with Crippen LogP contribution >= 0.6 is 23.2 Å². The average molecular weight is 557 g/mol. The number of hydrogen-bond donors (Lipinski definition) is 1. The molecule has 37 heavy (non-hydrogen) atoms. The maximum Gasteiger partial charge on any atom is 0.284 e. The van der Waals surface area contributed by atoms with Gasteiger partial charge in [0, 0.05) is 16.0 Å². The smallest absolute Gasteiger partial charge is 0.284 e. The molecule has 7 nitrogen and oxygen atoms in total. The molecule has 192 valence electrons. The number of amidine groups is 2. The van der Waals surface area contributed by atoms with Gasteiger partial charge in [0.15, 0.2) is 5.84 Å². The van der Waals surface area contributed by atoms with Gasteiger partial charge < -0.3 is 5.73 Å². The lowest BCUT2D eigenvalue weighted by atomic mass is 9.91. The molecular formula is C27H27Cl2N5O2S. The third-order valence-corrected chi connectivity index (χ3v) is 7.29. The maximum atomic E-state index is 13.3. The summed E-state index contributed by atoms with van der Waals surface area (Å²) < 4.78 is 30.7. The van der Waals surface area contributed by atoms with Gasteiger partial charge in [-0.2, -0.15) is 13.5 Å². The fourth-order valence-corrected chi connectivity index (χ4v) is 5.13. The van der Waals surface area contributed by atoms with Crippen molar-refractivity contribution >= 4 is 50.6 Å². The molecule has 3 aromatic carbocycles. The van der Waals surface area contributed by atoms with Gasteiger partial charge in [-0.3, -0.25) is 4.99 Å². The number of nitrogens with zero attached hydrogens (tertiary/aromatic N) is 4. The molecule has 1 unspecified atom stereocenters. The highest BCUT2D eigenvalue weighted by atomic mass is 35.5. The van der Waals surface area contributed by atoms with Gasteiger partial charge in [0.2, 0.25) is 5.84 Å². The number of aliphatic imine (C=N–C) groups is 1. The molecule has 1 heterocycles. The second-order valence-corrected chi connectivity index (χ2v) is 12.0. The first-order valence-electron chi connectivity index (χ1n) is 11.6. The van der Waals surface area contributed by atoms with Crippen LogP contribution in [0.2, 0.25) is 10.0 Å². The first-order valence-corrected chi connectivity index (χ1v) is 13.8. The van der Waals surface area contributed by atoms with Crippen LogP contribution in [-0.2, 0) is 10.0 Å². The van der Waals surface area contributed by atoms with Crippen molar-refractivity contribution in [3.63, 3.8) is 0 Å². The average Bonchev–Trinajstić information content (AvgIpc) is 3.28. The summed E-state index contributed by atoms with van der Waals surface area (Å²) in [5.74, 6) is -0.249. The van der Waals surface area contributed by atoms with Gasteiger partial charge in [-0.05, 0) is 68.3 Å². The largest absolute Gasteiger partial charge is 0.381 e. The molecule has 0 aromatic heterocycles. The first-order chi connectivity index (χ1) is 17.4. The fraction of sp³-hybridized carbons (Fsp3) is 0.222.